The van der Waals surface area contributed by atoms with Crippen molar-refractivity contribution in [3.05, 3.63) is 39.4 Å². The number of hydrogen-bond donors (Lipinski definition) is 3. The van der Waals surface area contributed by atoms with Gasteiger partial charge in [-0.1, -0.05) is 12.1 Å². The highest BCUT2D eigenvalue weighted by atomic mass is 16.6. The highest BCUT2D eigenvalue weighted by molar-refractivity contribution is 5.94. The number of nitrogens with one attached hydrogen (secondary N) is 1. The minimum absolute atomic E-state index is 0.0860. The van der Waals surface area contributed by atoms with Crippen LogP contribution in [0.3, 0.4) is 0 Å². The number of carbonyl (C=O) groups is 1. The number of nitrogens with zero attached hydrogens (tertiary/aromatic N) is 1. The summed E-state index contributed by atoms with van der Waals surface area (Å²) in [4.78, 5) is 21.0. The third-order valence-electron chi connectivity index (χ3n) is 2.14. The minimum atomic E-state index is -1.34. The van der Waals surface area contributed by atoms with Gasteiger partial charge in [-0.05, 0) is 5.56 Å². The van der Waals surface area contributed by atoms with Crippen molar-refractivity contribution in [3.63, 3.8) is 0 Å². The fourth-order valence-corrected chi connectivity index (χ4v) is 1.44. The van der Waals surface area contributed by atoms with Crippen molar-refractivity contribution in [2.24, 2.45) is 0 Å². The van der Waals surface area contributed by atoms with Gasteiger partial charge < -0.3 is 15.5 Å². The molecule has 0 atom stereocenters. The number of benzene rings is 1. The molecule has 0 amide bonds. The van der Waals surface area contributed by atoms with E-state index in [-0.39, 0.29) is 18.7 Å². The molecule has 3 N–H and O–H groups in total. The van der Waals surface area contributed by atoms with Crippen molar-refractivity contribution in [1.29, 1.82) is 0 Å². The van der Waals surface area contributed by atoms with Crippen LogP contribution < -0.4 is 5.32 Å². The lowest BCUT2D eigenvalue weighted by Crippen LogP contribution is -2.19. The van der Waals surface area contributed by atoms with Crippen LogP contribution in [0.5, 0.6) is 0 Å². The van der Waals surface area contributed by atoms with Crippen LogP contribution in [0.4, 0.5) is 5.69 Å². The Balaban J connectivity index is 3.07. The van der Waals surface area contributed by atoms with E-state index in [1.54, 1.807) is 0 Å². The number of rotatable bonds is 6. The summed E-state index contributed by atoms with van der Waals surface area (Å²) in [6.45, 7) is 0.364. The topological polar surface area (TPSA) is 113 Å². The molecule has 7 nitrogen and oxygen atoms in total. The summed E-state index contributed by atoms with van der Waals surface area (Å²) in [6, 6.07) is 4.08. The summed E-state index contributed by atoms with van der Waals surface area (Å²) in [7, 11) is 0. The predicted octanol–water partition coefficient (Wildman–Crippen LogP) is 0.375. The van der Waals surface area contributed by atoms with E-state index in [1.165, 1.54) is 12.1 Å². The van der Waals surface area contributed by atoms with Gasteiger partial charge in [0.15, 0.2) is 0 Å². The zero-order chi connectivity index (χ0) is 12.8. The molecule has 0 bridgehead atoms. The molecule has 1 rings (SSSR count). The van der Waals surface area contributed by atoms with Crippen LogP contribution in [0.15, 0.2) is 18.2 Å². The Hall–Kier alpha value is -1.99. The lowest BCUT2D eigenvalue weighted by atomic mass is 10.1. The maximum Gasteiger partial charge on any atom is 0.343 e. The molecule has 0 aliphatic carbocycles. The highest BCUT2D eigenvalue weighted by Gasteiger charge is 2.22. The zero-order valence-electron chi connectivity index (χ0n) is 8.92. The van der Waals surface area contributed by atoms with Crippen LogP contribution in [0.25, 0.3) is 0 Å². The fourth-order valence-electron chi connectivity index (χ4n) is 1.44. The van der Waals surface area contributed by atoms with E-state index in [1.807, 2.05) is 0 Å². The SMILES string of the molecule is O=C(O)c1c(CNCCO)cccc1[N+](=O)[O-]. The number of carboxylic acid groups (broad SMARTS) is 1. The van der Waals surface area contributed by atoms with Crippen LogP contribution >= 0.6 is 0 Å². The standard InChI is InChI=1S/C10H12N2O5/c13-5-4-11-6-7-2-1-3-8(12(16)17)9(7)10(14)15/h1-3,11,13H,4-6H2,(H,14,15). The second-order valence-corrected chi connectivity index (χ2v) is 3.27. The van der Waals surface area contributed by atoms with Crippen LogP contribution in [0.1, 0.15) is 15.9 Å². The summed E-state index contributed by atoms with van der Waals surface area (Å²) in [5.74, 6) is -1.34. The van der Waals surface area contributed by atoms with Crippen molar-refractivity contribution >= 4 is 11.7 Å². The molecule has 0 fully saturated rings. The Morgan fingerprint density at radius 3 is 2.71 bits per heavy atom. The molecule has 0 radical (unpaired) electrons. The maximum atomic E-state index is 11.0. The van der Waals surface area contributed by atoms with Crippen LogP contribution in [0, 0.1) is 10.1 Å². The summed E-state index contributed by atoms with van der Waals surface area (Å²) < 4.78 is 0. The molecule has 0 spiro atoms. The maximum absolute atomic E-state index is 11.0. The van der Waals surface area contributed by atoms with Crippen molar-refractivity contribution < 1.29 is 19.9 Å². The molecule has 0 aromatic heterocycles. The molecule has 92 valence electrons. The van der Waals surface area contributed by atoms with Gasteiger partial charge in [0.05, 0.1) is 11.5 Å². The van der Waals surface area contributed by atoms with Crippen LogP contribution in [-0.4, -0.2) is 34.3 Å². The second kappa shape index (κ2) is 5.92. The van der Waals surface area contributed by atoms with Crippen molar-refractivity contribution in [3.8, 4) is 0 Å². The van der Waals surface area contributed by atoms with E-state index < -0.39 is 16.6 Å². The van der Waals surface area contributed by atoms with Gasteiger partial charge in [0.2, 0.25) is 0 Å². The van der Waals surface area contributed by atoms with Crippen molar-refractivity contribution in [2.45, 2.75) is 6.54 Å². The van der Waals surface area contributed by atoms with Crippen molar-refractivity contribution in [2.75, 3.05) is 13.2 Å². The number of nitro benzene ring substituents is 1. The van der Waals surface area contributed by atoms with E-state index in [0.29, 0.717) is 12.1 Å². The molecule has 0 aliphatic rings. The van der Waals surface area contributed by atoms with Crippen LogP contribution in [-0.2, 0) is 6.54 Å². The molecular weight excluding hydrogens is 228 g/mol. The number of hydrogen-bond acceptors (Lipinski definition) is 5. The Morgan fingerprint density at radius 1 is 1.47 bits per heavy atom. The molecule has 1 aromatic carbocycles. The first-order valence-corrected chi connectivity index (χ1v) is 4.89. The number of aliphatic hydroxyl groups is 1. The molecule has 17 heavy (non-hydrogen) atoms. The van der Waals surface area contributed by atoms with E-state index >= 15 is 0 Å². The van der Waals surface area contributed by atoms with E-state index in [4.69, 9.17) is 10.2 Å². The van der Waals surface area contributed by atoms with Gasteiger partial charge in [0.25, 0.3) is 5.69 Å². The average molecular weight is 240 g/mol. The molecule has 0 aliphatic heterocycles. The molecular formula is C10H12N2O5. The lowest BCUT2D eigenvalue weighted by Gasteiger charge is -2.07. The van der Waals surface area contributed by atoms with Crippen molar-refractivity contribution in [1.82, 2.24) is 5.32 Å². The van der Waals surface area contributed by atoms with Crippen LogP contribution in [0.2, 0.25) is 0 Å². The lowest BCUT2D eigenvalue weighted by molar-refractivity contribution is -0.385. The monoisotopic (exact) mass is 240 g/mol. The molecule has 1 aromatic rings. The number of aromatic carboxylic acids is 1. The van der Waals surface area contributed by atoms with Gasteiger partial charge in [-0.25, -0.2) is 4.79 Å². The van der Waals surface area contributed by atoms with Gasteiger partial charge in [0.1, 0.15) is 5.56 Å². The molecule has 0 unspecified atom stereocenters. The van der Waals surface area contributed by atoms with Gasteiger partial charge in [-0.3, -0.25) is 10.1 Å². The Labute approximate surface area is 96.8 Å². The first-order chi connectivity index (χ1) is 8.07. The average Bonchev–Trinajstić information content (AvgIpc) is 2.28. The third-order valence-corrected chi connectivity index (χ3v) is 2.14. The quantitative estimate of drug-likeness (QED) is 0.376. The second-order valence-electron chi connectivity index (χ2n) is 3.27. The van der Waals surface area contributed by atoms with Gasteiger partial charge in [-0.15, -0.1) is 0 Å². The summed E-state index contributed by atoms with van der Waals surface area (Å²) in [5.41, 5.74) is -0.427. The highest BCUT2D eigenvalue weighted by Crippen LogP contribution is 2.22. The summed E-state index contributed by atoms with van der Waals surface area (Å²) in [6.07, 6.45) is 0. The summed E-state index contributed by atoms with van der Waals surface area (Å²) >= 11 is 0. The van der Waals surface area contributed by atoms with Gasteiger partial charge >= 0.3 is 5.97 Å². The minimum Gasteiger partial charge on any atom is -0.477 e. The number of aliphatic hydroxyl groups excluding tert-OH is 1. The molecule has 0 heterocycles. The number of carboxylic acids is 1. The largest absolute Gasteiger partial charge is 0.477 e. The third kappa shape index (κ3) is 3.23. The Morgan fingerprint density at radius 2 is 2.18 bits per heavy atom. The normalized spacial score (nSPS) is 10.2. The van der Waals surface area contributed by atoms with E-state index in [2.05, 4.69) is 5.32 Å². The summed E-state index contributed by atoms with van der Waals surface area (Å²) in [5, 5.41) is 31.0. The Kier molecular flexibility index (Phi) is 4.56. The zero-order valence-corrected chi connectivity index (χ0v) is 8.92. The van der Waals surface area contributed by atoms with Gasteiger partial charge in [-0.2, -0.15) is 0 Å². The Bertz CT molecular complexity index is 433. The first kappa shape index (κ1) is 13.1. The van der Waals surface area contributed by atoms with E-state index in [9.17, 15) is 14.9 Å². The smallest absolute Gasteiger partial charge is 0.343 e. The van der Waals surface area contributed by atoms with Gasteiger partial charge in [0, 0.05) is 19.2 Å². The molecule has 0 saturated carbocycles. The predicted molar refractivity (Wildman–Crippen MR) is 58.8 cm³/mol. The molecule has 0 saturated heterocycles. The molecule has 7 heteroatoms. The van der Waals surface area contributed by atoms with E-state index in [0.717, 1.165) is 6.07 Å². The number of nitro groups is 1. The first-order valence-electron chi connectivity index (χ1n) is 4.89. The fraction of sp³-hybridized carbons (Fsp3) is 0.300.